The normalized spacial score (nSPS) is 11.3. The van der Waals surface area contributed by atoms with Crippen molar-refractivity contribution in [2.45, 2.75) is 11.2 Å². The van der Waals surface area contributed by atoms with Crippen molar-refractivity contribution in [3.05, 3.63) is 54.0 Å². The number of pyridine rings is 1. The highest BCUT2D eigenvalue weighted by molar-refractivity contribution is 7.99. The predicted octanol–water partition coefficient (Wildman–Crippen LogP) is 3.97. The molecular formula is C14H10F4N2OS. The molecule has 22 heavy (non-hydrogen) atoms. The third-order valence-electron chi connectivity index (χ3n) is 2.56. The third kappa shape index (κ3) is 4.45. The second-order valence-corrected chi connectivity index (χ2v) is 5.20. The first-order chi connectivity index (χ1) is 10.4. The van der Waals surface area contributed by atoms with Crippen LogP contribution in [0.25, 0.3) is 0 Å². The van der Waals surface area contributed by atoms with E-state index < -0.39 is 23.5 Å². The molecule has 1 amide bonds. The van der Waals surface area contributed by atoms with Crippen LogP contribution in [-0.4, -0.2) is 16.6 Å². The Bertz CT molecular complexity index is 659. The summed E-state index contributed by atoms with van der Waals surface area (Å²) in [4.78, 5) is 15.3. The van der Waals surface area contributed by atoms with E-state index in [1.807, 2.05) is 0 Å². The molecule has 0 atom stereocenters. The number of halogens is 4. The molecule has 0 bridgehead atoms. The van der Waals surface area contributed by atoms with Crippen LogP contribution in [0, 0.1) is 5.82 Å². The van der Waals surface area contributed by atoms with E-state index in [1.165, 1.54) is 24.3 Å². The van der Waals surface area contributed by atoms with Gasteiger partial charge in [-0.15, -0.1) is 0 Å². The maximum absolute atomic E-state index is 13.3. The van der Waals surface area contributed by atoms with Crippen molar-refractivity contribution in [2.24, 2.45) is 0 Å². The SMILES string of the molecule is O=C(CSc1ccc(C(F)(F)F)cn1)Nc1ccccc1F. The van der Waals surface area contributed by atoms with Crippen LogP contribution in [0.5, 0.6) is 0 Å². The summed E-state index contributed by atoms with van der Waals surface area (Å²) in [6, 6.07) is 7.76. The molecule has 116 valence electrons. The first-order valence-corrected chi connectivity index (χ1v) is 7.05. The second-order valence-electron chi connectivity index (χ2n) is 4.20. The summed E-state index contributed by atoms with van der Waals surface area (Å²) >= 11 is 0.960. The molecule has 0 aliphatic rings. The number of amides is 1. The van der Waals surface area contributed by atoms with Crippen LogP contribution in [-0.2, 0) is 11.0 Å². The number of aromatic nitrogens is 1. The number of nitrogens with zero attached hydrogens (tertiary/aromatic N) is 1. The van der Waals surface area contributed by atoms with Gasteiger partial charge in [-0.3, -0.25) is 4.79 Å². The highest BCUT2D eigenvalue weighted by Gasteiger charge is 2.30. The molecule has 1 heterocycles. The standard InChI is InChI=1S/C14H10F4N2OS/c15-10-3-1-2-4-11(10)20-12(21)8-22-13-6-5-9(7-19-13)14(16,17)18/h1-7H,8H2,(H,20,21). The van der Waals surface area contributed by atoms with Gasteiger partial charge in [0.05, 0.1) is 22.0 Å². The molecule has 0 unspecified atom stereocenters. The van der Waals surface area contributed by atoms with Gasteiger partial charge in [0.1, 0.15) is 5.82 Å². The van der Waals surface area contributed by atoms with E-state index in [2.05, 4.69) is 10.3 Å². The minimum Gasteiger partial charge on any atom is -0.323 e. The minimum atomic E-state index is -4.45. The van der Waals surface area contributed by atoms with E-state index in [-0.39, 0.29) is 16.5 Å². The number of benzene rings is 1. The average molecular weight is 330 g/mol. The molecule has 0 spiro atoms. The molecule has 1 aromatic heterocycles. The number of thioether (sulfide) groups is 1. The van der Waals surface area contributed by atoms with Crippen LogP contribution in [0.4, 0.5) is 23.2 Å². The molecule has 0 aliphatic heterocycles. The monoisotopic (exact) mass is 330 g/mol. The highest BCUT2D eigenvalue weighted by Crippen LogP contribution is 2.29. The topological polar surface area (TPSA) is 42.0 Å². The number of hydrogen-bond donors (Lipinski definition) is 1. The number of carbonyl (C=O) groups excluding carboxylic acids is 1. The molecule has 0 fully saturated rings. The van der Waals surface area contributed by atoms with Crippen LogP contribution in [0.3, 0.4) is 0 Å². The van der Waals surface area contributed by atoms with E-state index in [4.69, 9.17) is 0 Å². The van der Waals surface area contributed by atoms with Crippen LogP contribution in [0.2, 0.25) is 0 Å². The van der Waals surface area contributed by atoms with Crippen molar-refractivity contribution in [1.82, 2.24) is 4.98 Å². The average Bonchev–Trinajstić information content (AvgIpc) is 2.47. The van der Waals surface area contributed by atoms with Crippen molar-refractivity contribution < 1.29 is 22.4 Å². The Morgan fingerprint density at radius 1 is 1.18 bits per heavy atom. The maximum Gasteiger partial charge on any atom is 0.417 e. The van der Waals surface area contributed by atoms with E-state index in [0.717, 1.165) is 17.8 Å². The third-order valence-corrected chi connectivity index (χ3v) is 3.51. The smallest absolute Gasteiger partial charge is 0.323 e. The number of alkyl halides is 3. The van der Waals surface area contributed by atoms with Gasteiger partial charge >= 0.3 is 6.18 Å². The summed E-state index contributed by atoms with van der Waals surface area (Å²) in [5.41, 5.74) is -0.805. The Morgan fingerprint density at radius 2 is 1.91 bits per heavy atom. The Morgan fingerprint density at radius 3 is 2.50 bits per heavy atom. The zero-order valence-electron chi connectivity index (χ0n) is 11.0. The van der Waals surface area contributed by atoms with Crippen LogP contribution in [0.1, 0.15) is 5.56 Å². The highest BCUT2D eigenvalue weighted by atomic mass is 32.2. The first kappa shape index (κ1) is 16.3. The molecular weight excluding hydrogens is 320 g/mol. The zero-order chi connectivity index (χ0) is 16.2. The first-order valence-electron chi connectivity index (χ1n) is 6.06. The quantitative estimate of drug-likeness (QED) is 0.681. The summed E-state index contributed by atoms with van der Waals surface area (Å²) in [5.74, 6) is -1.13. The van der Waals surface area contributed by atoms with Gasteiger partial charge in [-0.2, -0.15) is 13.2 Å². The van der Waals surface area contributed by atoms with Crippen molar-refractivity contribution in [3.8, 4) is 0 Å². The summed E-state index contributed by atoms with van der Waals surface area (Å²) in [6.07, 6.45) is -3.74. The van der Waals surface area contributed by atoms with Gasteiger partial charge in [-0.1, -0.05) is 23.9 Å². The van der Waals surface area contributed by atoms with Crippen molar-refractivity contribution >= 4 is 23.4 Å². The number of rotatable bonds is 4. The van der Waals surface area contributed by atoms with Crippen LogP contribution in [0.15, 0.2) is 47.6 Å². The van der Waals surface area contributed by atoms with Gasteiger partial charge in [-0.25, -0.2) is 9.37 Å². The number of carbonyl (C=O) groups is 1. The van der Waals surface area contributed by atoms with Gasteiger partial charge in [-0.05, 0) is 24.3 Å². The summed E-state index contributed by atoms with van der Waals surface area (Å²) in [5, 5.41) is 2.65. The molecule has 0 saturated heterocycles. The molecule has 0 radical (unpaired) electrons. The largest absolute Gasteiger partial charge is 0.417 e. The molecule has 2 rings (SSSR count). The van der Waals surface area contributed by atoms with Gasteiger partial charge in [0.2, 0.25) is 5.91 Å². The molecule has 0 aliphatic carbocycles. The van der Waals surface area contributed by atoms with E-state index in [0.29, 0.717) is 6.20 Å². The molecule has 2 aromatic rings. The minimum absolute atomic E-state index is 0.0495. The van der Waals surface area contributed by atoms with Crippen molar-refractivity contribution in [1.29, 1.82) is 0 Å². The predicted molar refractivity (Wildman–Crippen MR) is 75.0 cm³/mol. The van der Waals surface area contributed by atoms with Crippen molar-refractivity contribution in [3.63, 3.8) is 0 Å². The van der Waals surface area contributed by atoms with E-state index in [1.54, 1.807) is 6.07 Å². The second kappa shape index (κ2) is 6.78. The zero-order valence-corrected chi connectivity index (χ0v) is 11.8. The molecule has 1 N–H and O–H groups in total. The number of nitrogens with one attached hydrogen (secondary N) is 1. The summed E-state index contributed by atoms with van der Waals surface area (Å²) in [7, 11) is 0. The lowest BCUT2D eigenvalue weighted by atomic mass is 10.3. The lowest BCUT2D eigenvalue weighted by Crippen LogP contribution is -2.15. The van der Waals surface area contributed by atoms with Gasteiger partial charge in [0.25, 0.3) is 0 Å². The number of anilines is 1. The number of hydrogen-bond acceptors (Lipinski definition) is 3. The fraction of sp³-hybridized carbons (Fsp3) is 0.143. The fourth-order valence-corrected chi connectivity index (χ4v) is 2.16. The molecule has 8 heteroatoms. The van der Waals surface area contributed by atoms with Crippen LogP contribution >= 0.6 is 11.8 Å². The Kier molecular flexibility index (Phi) is 5.02. The summed E-state index contributed by atoms with van der Waals surface area (Å²) in [6.45, 7) is 0. The lowest BCUT2D eigenvalue weighted by molar-refractivity contribution is -0.137. The maximum atomic E-state index is 13.3. The van der Waals surface area contributed by atoms with Gasteiger partial charge in [0.15, 0.2) is 0 Å². The Balaban J connectivity index is 1.90. The Hall–Kier alpha value is -2.09. The Labute approximate surface area is 127 Å². The summed E-state index contributed by atoms with van der Waals surface area (Å²) < 4.78 is 50.4. The van der Waals surface area contributed by atoms with E-state index >= 15 is 0 Å². The fourth-order valence-electron chi connectivity index (χ4n) is 1.52. The molecule has 0 saturated carbocycles. The van der Waals surface area contributed by atoms with Gasteiger partial charge < -0.3 is 5.32 Å². The lowest BCUT2D eigenvalue weighted by Gasteiger charge is -2.07. The van der Waals surface area contributed by atoms with Gasteiger partial charge in [0, 0.05) is 6.20 Å². The van der Waals surface area contributed by atoms with Crippen LogP contribution < -0.4 is 5.32 Å². The number of para-hydroxylation sites is 1. The molecule has 1 aromatic carbocycles. The van der Waals surface area contributed by atoms with E-state index in [9.17, 15) is 22.4 Å². The molecule has 3 nitrogen and oxygen atoms in total. The van der Waals surface area contributed by atoms with Crippen molar-refractivity contribution in [2.75, 3.05) is 11.1 Å².